The van der Waals surface area contributed by atoms with Gasteiger partial charge in [0.25, 0.3) is 10.0 Å². The summed E-state index contributed by atoms with van der Waals surface area (Å²) in [5.41, 5.74) is 0.0614. The number of ether oxygens (including phenoxy) is 1. The van der Waals surface area contributed by atoms with Crippen molar-refractivity contribution >= 4 is 26.0 Å². The summed E-state index contributed by atoms with van der Waals surface area (Å²) in [4.78, 5) is 12.2. The van der Waals surface area contributed by atoms with Crippen LogP contribution in [0, 0.1) is 0 Å². The molecule has 0 spiro atoms. The van der Waals surface area contributed by atoms with E-state index in [-0.39, 0.29) is 34.0 Å². The Hall–Kier alpha value is -2.21. The van der Waals surface area contributed by atoms with Crippen molar-refractivity contribution < 1.29 is 30.8 Å². The van der Waals surface area contributed by atoms with Gasteiger partial charge in [0, 0.05) is 20.1 Å². The van der Waals surface area contributed by atoms with Crippen molar-refractivity contribution in [2.45, 2.75) is 35.5 Å². The van der Waals surface area contributed by atoms with Gasteiger partial charge in [0.2, 0.25) is 15.1 Å². The fourth-order valence-electron chi connectivity index (χ4n) is 2.25. The normalized spacial score (nSPS) is 15.0. The second kappa shape index (κ2) is 7.66. The molecule has 0 unspecified atom stereocenters. The zero-order valence-electron chi connectivity index (χ0n) is 15.3. The summed E-state index contributed by atoms with van der Waals surface area (Å²) >= 11 is 0. The molecule has 0 bridgehead atoms. The Kier molecular flexibility index (Phi) is 5.62. The number of hydrogen-bond acceptors (Lipinski definition) is 7. The van der Waals surface area contributed by atoms with Crippen LogP contribution < -0.4 is 4.72 Å². The van der Waals surface area contributed by atoms with Crippen molar-refractivity contribution in [3.63, 3.8) is 0 Å². The molecule has 0 atom stereocenters. The lowest BCUT2D eigenvalue weighted by Gasteiger charge is -2.08. The molecule has 9 nitrogen and oxygen atoms in total. The van der Waals surface area contributed by atoms with Crippen molar-refractivity contribution in [2.24, 2.45) is 0 Å². The van der Waals surface area contributed by atoms with E-state index < -0.39 is 26.0 Å². The maximum absolute atomic E-state index is 12.2. The Morgan fingerprint density at radius 3 is 2.54 bits per heavy atom. The predicted octanol–water partition coefficient (Wildman–Crippen LogP) is 1.33. The predicted molar refractivity (Wildman–Crippen MR) is 98.5 cm³/mol. The number of sulfonamides is 2. The zero-order valence-corrected chi connectivity index (χ0v) is 16.9. The topological polar surface area (TPSA) is 123 Å². The van der Waals surface area contributed by atoms with Crippen LogP contribution in [0.4, 0.5) is 0 Å². The molecule has 1 heterocycles. The third-order valence-corrected chi connectivity index (χ3v) is 7.20. The first-order chi connectivity index (χ1) is 13.1. The third-order valence-electron chi connectivity index (χ3n) is 4.00. The van der Waals surface area contributed by atoms with Crippen LogP contribution in [0.25, 0.3) is 0 Å². The number of rotatable bonds is 8. The van der Waals surface area contributed by atoms with Crippen LogP contribution in [0.15, 0.2) is 50.8 Å². The summed E-state index contributed by atoms with van der Waals surface area (Å²) in [5, 5.41) is -0.261. The number of nitrogens with one attached hydrogen (secondary N) is 1. The molecule has 1 aliphatic rings. The van der Waals surface area contributed by atoms with Gasteiger partial charge in [-0.2, -0.15) is 0 Å². The van der Waals surface area contributed by atoms with Gasteiger partial charge < -0.3 is 9.15 Å². The Bertz CT molecular complexity index is 1080. The highest BCUT2D eigenvalue weighted by molar-refractivity contribution is 7.89. The number of carbonyl (C=O) groups is 1. The quantitative estimate of drug-likeness (QED) is 0.629. The van der Waals surface area contributed by atoms with Gasteiger partial charge in [-0.1, -0.05) is 6.07 Å². The molecule has 0 saturated heterocycles. The van der Waals surface area contributed by atoms with Crippen molar-refractivity contribution in [3.8, 4) is 0 Å². The molecule has 0 amide bonds. The van der Waals surface area contributed by atoms with Gasteiger partial charge in [-0.05, 0) is 43.2 Å². The van der Waals surface area contributed by atoms with Crippen molar-refractivity contribution in [2.75, 3.05) is 14.1 Å². The molecule has 152 valence electrons. The summed E-state index contributed by atoms with van der Waals surface area (Å²) in [6, 6.07) is 8.13. The summed E-state index contributed by atoms with van der Waals surface area (Å²) < 4.78 is 62.3. The average molecular weight is 428 g/mol. The first-order valence-electron chi connectivity index (χ1n) is 8.40. The highest BCUT2D eigenvalue weighted by Crippen LogP contribution is 2.23. The van der Waals surface area contributed by atoms with E-state index in [9.17, 15) is 21.6 Å². The number of hydrogen-bond donors (Lipinski definition) is 1. The highest BCUT2D eigenvalue weighted by atomic mass is 32.2. The van der Waals surface area contributed by atoms with Crippen molar-refractivity contribution in [1.82, 2.24) is 9.03 Å². The lowest BCUT2D eigenvalue weighted by atomic mass is 10.2. The largest absolute Gasteiger partial charge is 0.454 e. The standard InChI is InChI=1S/C17H20N2O7S2/c1-19(2)28(23,24)16-9-8-14(26-16)11-25-17(20)12-4-3-5-15(10-12)27(21,22)18-13-6-7-13/h3-5,8-10,13,18H,6-7,11H2,1-2H3. The van der Waals surface area contributed by atoms with Gasteiger partial charge in [-0.15, -0.1) is 0 Å². The highest BCUT2D eigenvalue weighted by Gasteiger charge is 2.28. The van der Waals surface area contributed by atoms with Gasteiger partial charge in [0.1, 0.15) is 12.4 Å². The molecular weight excluding hydrogens is 408 g/mol. The van der Waals surface area contributed by atoms with E-state index in [1.54, 1.807) is 0 Å². The molecule has 11 heteroatoms. The Morgan fingerprint density at radius 1 is 1.18 bits per heavy atom. The van der Waals surface area contributed by atoms with Gasteiger partial charge in [0.05, 0.1) is 10.5 Å². The lowest BCUT2D eigenvalue weighted by Crippen LogP contribution is -2.25. The first-order valence-corrected chi connectivity index (χ1v) is 11.3. The van der Waals surface area contributed by atoms with Gasteiger partial charge >= 0.3 is 5.97 Å². The van der Waals surface area contributed by atoms with Crippen LogP contribution in [0.5, 0.6) is 0 Å². The fourth-order valence-corrected chi connectivity index (χ4v) is 4.42. The smallest absolute Gasteiger partial charge is 0.338 e. The summed E-state index contributed by atoms with van der Waals surface area (Å²) in [7, 11) is -4.67. The van der Waals surface area contributed by atoms with Crippen LogP contribution in [-0.4, -0.2) is 47.2 Å². The molecule has 0 radical (unpaired) electrons. The Morgan fingerprint density at radius 2 is 1.89 bits per heavy atom. The Balaban J connectivity index is 1.67. The second-order valence-electron chi connectivity index (χ2n) is 6.51. The van der Waals surface area contributed by atoms with E-state index in [4.69, 9.17) is 9.15 Å². The van der Waals surface area contributed by atoms with Crippen LogP contribution in [-0.2, 0) is 31.4 Å². The number of esters is 1. The minimum atomic E-state index is -3.72. The second-order valence-corrected chi connectivity index (χ2v) is 10.3. The molecule has 1 aromatic heterocycles. The molecule has 1 fully saturated rings. The van der Waals surface area contributed by atoms with Gasteiger partial charge in [-0.25, -0.2) is 30.7 Å². The van der Waals surface area contributed by atoms with E-state index in [1.807, 2.05) is 0 Å². The van der Waals surface area contributed by atoms with E-state index in [1.165, 1.54) is 50.5 Å². The molecule has 1 aliphatic carbocycles. The van der Waals surface area contributed by atoms with Crippen molar-refractivity contribution in [3.05, 3.63) is 47.7 Å². The number of nitrogens with zero attached hydrogens (tertiary/aromatic N) is 1. The fraction of sp³-hybridized carbons (Fsp3) is 0.353. The molecule has 2 aromatic rings. The number of furan rings is 1. The maximum Gasteiger partial charge on any atom is 0.338 e. The van der Waals surface area contributed by atoms with Gasteiger partial charge in [0.15, 0.2) is 0 Å². The van der Waals surface area contributed by atoms with Gasteiger partial charge in [-0.3, -0.25) is 0 Å². The maximum atomic E-state index is 12.2. The van der Waals surface area contributed by atoms with Crippen LogP contribution in [0.2, 0.25) is 0 Å². The summed E-state index contributed by atoms with van der Waals surface area (Å²) in [6.45, 7) is -0.293. The van der Waals surface area contributed by atoms with E-state index in [0.29, 0.717) is 0 Å². The molecular formula is C17H20N2O7S2. The minimum absolute atomic E-state index is 0.0220. The average Bonchev–Trinajstić information content (AvgIpc) is 3.31. The van der Waals surface area contributed by atoms with Crippen LogP contribution >= 0.6 is 0 Å². The number of benzene rings is 1. The zero-order chi connectivity index (χ0) is 20.5. The molecule has 1 N–H and O–H groups in total. The number of carbonyl (C=O) groups excluding carboxylic acids is 1. The minimum Gasteiger partial charge on any atom is -0.454 e. The monoisotopic (exact) mass is 428 g/mol. The molecule has 28 heavy (non-hydrogen) atoms. The van der Waals surface area contributed by atoms with Crippen molar-refractivity contribution in [1.29, 1.82) is 0 Å². The first kappa shape index (κ1) is 20.5. The summed E-state index contributed by atoms with van der Waals surface area (Å²) in [5.74, 6) is -0.607. The lowest BCUT2D eigenvalue weighted by molar-refractivity contribution is 0.0440. The molecule has 0 aliphatic heterocycles. The molecule has 1 saturated carbocycles. The molecule has 1 aromatic carbocycles. The van der Waals surface area contributed by atoms with E-state index >= 15 is 0 Å². The SMILES string of the molecule is CN(C)S(=O)(=O)c1ccc(COC(=O)c2cccc(S(=O)(=O)NC3CC3)c2)o1. The third kappa shape index (κ3) is 4.61. The Labute approximate surface area is 163 Å². The van der Waals surface area contributed by atoms with E-state index in [2.05, 4.69) is 4.72 Å². The van der Waals surface area contributed by atoms with E-state index in [0.717, 1.165) is 17.1 Å². The van der Waals surface area contributed by atoms with Crippen LogP contribution in [0.1, 0.15) is 29.0 Å². The van der Waals surface area contributed by atoms with Crippen LogP contribution in [0.3, 0.4) is 0 Å². The molecule has 3 rings (SSSR count). The summed E-state index contributed by atoms with van der Waals surface area (Å²) in [6.07, 6.45) is 1.60.